The maximum absolute atomic E-state index is 5.33. The molecule has 3 heteroatoms. The Bertz CT molecular complexity index is 390. The van der Waals surface area contributed by atoms with Crippen molar-refractivity contribution in [2.45, 2.75) is 19.9 Å². The first kappa shape index (κ1) is 11.3. The molecule has 1 N–H and O–H groups in total. The van der Waals surface area contributed by atoms with Gasteiger partial charge < -0.3 is 14.8 Å². The van der Waals surface area contributed by atoms with Crippen LogP contribution < -0.4 is 14.8 Å². The van der Waals surface area contributed by atoms with Gasteiger partial charge in [-0.1, -0.05) is 6.92 Å². The molecule has 1 aliphatic heterocycles. The minimum atomic E-state index is 0.458. The molecular weight excluding hydrogens is 202 g/mol. The number of hydrogen-bond acceptors (Lipinski definition) is 3. The van der Waals surface area contributed by atoms with Crippen LogP contribution in [0.15, 0.2) is 12.1 Å². The summed E-state index contributed by atoms with van der Waals surface area (Å²) in [5.74, 6) is 2.30. The van der Waals surface area contributed by atoms with Gasteiger partial charge in [0, 0.05) is 12.6 Å². The van der Waals surface area contributed by atoms with E-state index >= 15 is 0 Å². The zero-order chi connectivity index (χ0) is 11.7. The van der Waals surface area contributed by atoms with Crippen LogP contribution in [0.25, 0.3) is 0 Å². The minimum absolute atomic E-state index is 0.458. The van der Waals surface area contributed by atoms with E-state index in [1.165, 1.54) is 11.1 Å². The average Bonchev–Trinajstić information content (AvgIpc) is 2.29. The van der Waals surface area contributed by atoms with E-state index in [0.717, 1.165) is 18.0 Å². The normalized spacial score (nSPS) is 23.8. The fourth-order valence-electron chi connectivity index (χ4n) is 2.22. The highest BCUT2D eigenvalue weighted by atomic mass is 16.5. The Morgan fingerprint density at radius 2 is 1.81 bits per heavy atom. The molecule has 3 nitrogen and oxygen atoms in total. The van der Waals surface area contributed by atoms with E-state index in [1.807, 2.05) is 6.07 Å². The second-order valence-electron chi connectivity index (χ2n) is 4.43. The fraction of sp³-hybridized carbons (Fsp3) is 0.538. The van der Waals surface area contributed by atoms with Crippen molar-refractivity contribution in [2.24, 2.45) is 5.92 Å². The molecule has 1 aromatic carbocycles. The fourth-order valence-corrected chi connectivity index (χ4v) is 2.22. The molecule has 0 aliphatic carbocycles. The second kappa shape index (κ2) is 4.34. The SMILES string of the molecule is COc1cc(C)c(C2NCC2C)cc1OC. The summed E-state index contributed by atoms with van der Waals surface area (Å²) in [5.41, 5.74) is 2.57. The van der Waals surface area contributed by atoms with Gasteiger partial charge in [0.15, 0.2) is 11.5 Å². The van der Waals surface area contributed by atoms with E-state index < -0.39 is 0 Å². The van der Waals surface area contributed by atoms with Gasteiger partial charge in [0.2, 0.25) is 0 Å². The largest absolute Gasteiger partial charge is 0.493 e. The number of ether oxygens (including phenoxy) is 2. The van der Waals surface area contributed by atoms with Crippen LogP contribution in [0.2, 0.25) is 0 Å². The third-order valence-electron chi connectivity index (χ3n) is 3.34. The summed E-state index contributed by atoms with van der Waals surface area (Å²) < 4.78 is 10.6. The summed E-state index contributed by atoms with van der Waals surface area (Å²) in [7, 11) is 3.34. The predicted molar refractivity (Wildman–Crippen MR) is 64.2 cm³/mol. The van der Waals surface area contributed by atoms with Gasteiger partial charge in [-0.05, 0) is 36.1 Å². The lowest BCUT2D eigenvalue weighted by atomic mass is 9.85. The highest BCUT2D eigenvalue weighted by Gasteiger charge is 2.29. The van der Waals surface area contributed by atoms with Crippen LogP contribution in [0.1, 0.15) is 24.1 Å². The smallest absolute Gasteiger partial charge is 0.161 e. The van der Waals surface area contributed by atoms with Crippen LogP contribution in [0, 0.1) is 12.8 Å². The lowest BCUT2D eigenvalue weighted by Gasteiger charge is -2.37. The summed E-state index contributed by atoms with van der Waals surface area (Å²) in [6, 6.07) is 4.59. The van der Waals surface area contributed by atoms with Crippen molar-refractivity contribution in [2.75, 3.05) is 20.8 Å². The number of nitrogens with one attached hydrogen (secondary N) is 1. The summed E-state index contributed by atoms with van der Waals surface area (Å²) in [5, 5.41) is 3.44. The van der Waals surface area contributed by atoms with Gasteiger partial charge in [0.05, 0.1) is 14.2 Å². The standard InChI is InChI=1S/C13H19NO2/c1-8-5-11(15-3)12(16-4)6-10(8)13-9(2)7-14-13/h5-6,9,13-14H,7H2,1-4H3. The van der Waals surface area contributed by atoms with Gasteiger partial charge in [0.1, 0.15) is 0 Å². The van der Waals surface area contributed by atoms with E-state index in [9.17, 15) is 0 Å². The molecule has 0 amide bonds. The first-order valence-corrected chi connectivity index (χ1v) is 5.63. The Balaban J connectivity index is 2.38. The number of methoxy groups -OCH3 is 2. The topological polar surface area (TPSA) is 30.5 Å². The number of aryl methyl sites for hydroxylation is 1. The Kier molecular flexibility index (Phi) is 3.06. The van der Waals surface area contributed by atoms with Gasteiger partial charge in [-0.15, -0.1) is 0 Å². The van der Waals surface area contributed by atoms with Crippen molar-refractivity contribution in [3.8, 4) is 11.5 Å². The van der Waals surface area contributed by atoms with Crippen molar-refractivity contribution < 1.29 is 9.47 Å². The summed E-state index contributed by atoms with van der Waals surface area (Å²) >= 11 is 0. The van der Waals surface area contributed by atoms with Gasteiger partial charge in [-0.25, -0.2) is 0 Å². The molecule has 0 bridgehead atoms. The monoisotopic (exact) mass is 221 g/mol. The number of rotatable bonds is 3. The summed E-state index contributed by atoms with van der Waals surface area (Å²) in [6.07, 6.45) is 0. The van der Waals surface area contributed by atoms with E-state index in [-0.39, 0.29) is 0 Å². The first-order chi connectivity index (χ1) is 7.67. The molecule has 1 aromatic rings. The minimum Gasteiger partial charge on any atom is -0.493 e. The van der Waals surface area contributed by atoms with Gasteiger partial charge in [-0.3, -0.25) is 0 Å². The average molecular weight is 221 g/mol. The summed E-state index contributed by atoms with van der Waals surface area (Å²) in [4.78, 5) is 0. The molecule has 0 saturated carbocycles. The first-order valence-electron chi connectivity index (χ1n) is 5.63. The van der Waals surface area contributed by atoms with Crippen molar-refractivity contribution in [3.63, 3.8) is 0 Å². The summed E-state index contributed by atoms with van der Waals surface area (Å²) in [6.45, 7) is 5.47. The zero-order valence-electron chi connectivity index (χ0n) is 10.3. The third kappa shape index (κ3) is 1.76. The van der Waals surface area contributed by atoms with Crippen molar-refractivity contribution in [1.82, 2.24) is 5.32 Å². The van der Waals surface area contributed by atoms with E-state index in [2.05, 4.69) is 25.2 Å². The lowest BCUT2D eigenvalue weighted by molar-refractivity contribution is 0.256. The predicted octanol–water partition coefficient (Wildman–Crippen LogP) is 2.29. The van der Waals surface area contributed by atoms with Crippen molar-refractivity contribution >= 4 is 0 Å². The van der Waals surface area contributed by atoms with Crippen molar-refractivity contribution in [1.29, 1.82) is 0 Å². The molecule has 2 unspecified atom stereocenters. The molecule has 0 radical (unpaired) electrons. The molecule has 2 atom stereocenters. The number of benzene rings is 1. The van der Waals surface area contributed by atoms with Gasteiger partial charge >= 0.3 is 0 Å². The van der Waals surface area contributed by atoms with Gasteiger partial charge in [0.25, 0.3) is 0 Å². The van der Waals surface area contributed by atoms with Crippen LogP contribution in [-0.2, 0) is 0 Å². The van der Waals surface area contributed by atoms with Crippen molar-refractivity contribution in [3.05, 3.63) is 23.3 Å². The van der Waals surface area contributed by atoms with Crippen LogP contribution in [-0.4, -0.2) is 20.8 Å². The molecule has 2 rings (SSSR count). The highest BCUT2D eigenvalue weighted by Crippen LogP contribution is 2.37. The molecule has 16 heavy (non-hydrogen) atoms. The molecule has 1 heterocycles. The Morgan fingerprint density at radius 1 is 1.19 bits per heavy atom. The Morgan fingerprint density at radius 3 is 2.25 bits per heavy atom. The quantitative estimate of drug-likeness (QED) is 0.849. The molecule has 88 valence electrons. The maximum atomic E-state index is 5.33. The van der Waals surface area contributed by atoms with Crippen LogP contribution >= 0.6 is 0 Å². The van der Waals surface area contributed by atoms with E-state index in [0.29, 0.717) is 12.0 Å². The molecule has 1 fully saturated rings. The number of hydrogen-bond donors (Lipinski definition) is 1. The maximum Gasteiger partial charge on any atom is 0.161 e. The lowest BCUT2D eigenvalue weighted by Crippen LogP contribution is -2.44. The van der Waals surface area contributed by atoms with Crippen LogP contribution in [0.5, 0.6) is 11.5 Å². The Labute approximate surface area is 96.8 Å². The molecular formula is C13H19NO2. The highest BCUT2D eigenvalue weighted by molar-refractivity contribution is 5.48. The Hall–Kier alpha value is -1.22. The van der Waals surface area contributed by atoms with Gasteiger partial charge in [-0.2, -0.15) is 0 Å². The van der Waals surface area contributed by atoms with Crippen LogP contribution in [0.4, 0.5) is 0 Å². The molecule has 1 aliphatic rings. The third-order valence-corrected chi connectivity index (χ3v) is 3.34. The molecule has 0 aromatic heterocycles. The second-order valence-corrected chi connectivity index (χ2v) is 4.43. The molecule has 0 spiro atoms. The van der Waals surface area contributed by atoms with E-state index in [1.54, 1.807) is 14.2 Å². The zero-order valence-corrected chi connectivity index (χ0v) is 10.3. The van der Waals surface area contributed by atoms with E-state index in [4.69, 9.17) is 9.47 Å². The van der Waals surface area contributed by atoms with Crippen LogP contribution in [0.3, 0.4) is 0 Å². The molecule has 1 saturated heterocycles.